The number of hydrogen-bond donors (Lipinski definition) is 1. The molecule has 0 radical (unpaired) electrons. The van der Waals surface area contributed by atoms with Gasteiger partial charge in [-0.2, -0.15) is 13.2 Å². The molecule has 1 heterocycles. The van der Waals surface area contributed by atoms with Crippen molar-refractivity contribution >= 4 is 5.69 Å². The summed E-state index contributed by atoms with van der Waals surface area (Å²) < 4.78 is 37.8. The lowest BCUT2D eigenvalue weighted by molar-refractivity contribution is -0.137. The zero-order valence-corrected chi connectivity index (χ0v) is 12.6. The molecule has 5 heteroatoms. The lowest BCUT2D eigenvalue weighted by Crippen LogP contribution is -2.32. The van der Waals surface area contributed by atoms with Crippen LogP contribution in [0.15, 0.2) is 48.5 Å². The highest BCUT2D eigenvalue weighted by Crippen LogP contribution is 2.34. The van der Waals surface area contributed by atoms with Crippen molar-refractivity contribution in [2.45, 2.75) is 24.9 Å². The van der Waals surface area contributed by atoms with Gasteiger partial charge in [-0.1, -0.05) is 12.1 Å². The third-order valence-electron chi connectivity index (χ3n) is 4.42. The lowest BCUT2D eigenvalue weighted by Gasteiger charge is -2.34. The molecular weight excluding hydrogens is 303 g/mol. The Kier molecular flexibility index (Phi) is 4.20. The Morgan fingerprint density at radius 3 is 1.96 bits per heavy atom. The lowest BCUT2D eigenvalue weighted by atomic mass is 9.89. The number of halogens is 3. The average molecular weight is 321 g/mol. The minimum absolute atomic E-state index is 0.244. The Bertz CT molecular complexity index is 641. The summed E-state index contributed by atoms with van der Waals surface area (Å²) in [5.41, 5.74) is 1.44. The van der Waals surface area contributed by atoms with Crippen LogP contribution in [0.5, 0.6) is 5.75 Å². The highest BCUT2D eigenvalue weighted by molar-refractivity contribution is 5.49. The molecular formula is C18H18F3NO. The van der Waals surface area contributed by atoms with Crippen molar-refractivity contribution in [2.75, 3.05) is 18.0 Å². The first-order valence-electron chi connectivity index (χ1n) is 7.64. The largest absolute Gasteiger partial charge is 0.508 e. The molecule has 2 aromatic rings. The first-order valence-corrected chi connectivity index (χ1v) is 7.64. The molecule has 23 heavy (non-hydrogen) atoms. The van der Waals surface area contributed by atoms with Crippen LogP contribution in [0.25, 0.3) is 0 Å². The Labute approximate surface area is 133 Å². The van der Waals surface area contributed by atoms with Crippen LogP contribution in [0.1, 0.15) is 29.9 Å². The highest BCUT2D eigenvalue weighted by atomic mass is 19.4. The van der Waals surface area contributed by atoms with E-state index in [0.717, 1.165) is 37.2 Å². The zero-order chi connectivity index (χ0) is 16.4. The van der Waals surface area contributed by atoms with Gasteiger partial charge >= 0.3 is 6.18 Å². The van der Waals surface area contributed by atoms with Gasteiger partial charge in [-0.05, 0) is 60.7 Å². The summed E-state index contributed by atoms with van der Waals surface area (Å²) in [6.07, 6.45) is -2.46. The number of anilines is 1. The van der Waals surface area contributed by atoms with E-state index in [2.05, 4.69) is 4.90 Å². The summed E-state index contributed by atoms with van der Waals surface area (Å²) >= 11 is 0. The minimum atomic E-state index is -4.28. The second kappa shape index (κ2) is 6.14. The molecule has 0 aliphatic carbocycles. The summed E-state index contributed by atoms with van der Waals surface area (Å²) in [5.74, 6) is 0.541. The molecule has 0 aromatic heterocycles. The van der Waals surface area contributed by atoms with Gasteiger partial charge in [-0.3, -0.25) is 0 Å². The number of nitrogens with zero attached hydrogens (tertiary/aromatic N) is 1. The maximum absolute atomic E-state index is 12.6. The Hall–Kier alpha value is -2.17. The molecule has 0 spiro atoms. The predicted molar refractivity (Wildman–Crippen MR) is 83.7 cm³/mol. The summed E-state index contributed by atoms with van der Waals surface area (Å²) in [4.78, 5) is 2.24. The maximum atomic E-state index is 12.6. The van der Waals surface area contributed by atoms with E-state index >= 15 is 0 Å². The van der Waals surface area contributed by atoms with Crippen LogP contribution in [0.4, 0.5) is 18.9 Å². The Morgan fingerprint density at radius 2 is 1.43 bits per heavy atom. The fourth-order valence-electron chi connectivity index (χ4n) is 3.08. The van der Waals surface area contributed by atoms with Crippen molar-refractivity contribution < 1.29 is 18.3 Å². The molecule has 0 atom stereocenters. The SMILES string of the molecule is Oc1ccc(N2CCC(c3ccc(C(F)(F)F)cc3)CC2)cc1. The standard InChI is InChI=1S/C18H18F3NO/c19-18(20,21)15-3-1-13(2-4-15)14-9-11-22(12-10-14)16-5-7-17(23)8-6-16/h1-8,14,23H,9-12H2. The third-order valence-corrected chi connectivity index (χ3v) is 4.42. The van der Waals surface area contributed by atoms with E-state index in [1.54, 1.807) is 24.3 Å². The molecule has 0 saturated carbocycles. The second-order valence-electron chi connectivity index (χ2n) is 5.90. The first-order chi connectivity index (χ1) is 10.9. The minimum Gasteiger partial charge on any atom is -0.508 e. The van der Waals surface area contributed by atoms with Crippen LogP contribution in [-0.2, 0) is 6.18 Å². The smallest absolute Gasteiger partial charge is 0.416 e. The van der Waals surface area contributed by atoms with E-state index in [4.69, 9.17) is 0 Å². The molecule has 0 unspecified atom stereocenters. The van der Waals surface area contributed by atoms with Crippen molar-refractivity contribution in [3.8, 4) is 5.75 Å². The quantitative estimate of drug-likeness (QED) is 0.859. The monoisotopic (exact) mass is 321 g/mol. The highest BCUT2D eigenvalue weighted by Gasteiger charge is 2.30. The van der Waals surface area contributed by atoms with Crippen LogP contribution in [0.3, 0.4) is 0 Å². The summed E-state index contributed by atoms with van der Waals surface area (Å²) in [5, 5.41) is 9.33. The van der Waals surface area contributed by atoms with Crippen molar-refractivity contribution in [2.24, 2.45) is 0 Å². The molecule has 1 aliphatic heterocycles. The molecule has 1 fully saturated rings. The number of alkyl halides is 3. The van der Waals surface area contributed by atoms with Gasteiger partial charge in [0, 0.05) is 18.8 Å². The van der Waals surface area contributed by atoms with Gasteiger partial charge in [0.25, 0.3) is 0 Å². The van der Waals surface area contributed by atoms with Crippen molar-refractivity contribution in [3.05, 3.63) is 59.7 Å². The molecule has 122 valence electrons. The molecule has 0 amide bonds. The molecule has 1 N–H and O–H groups in total. The predicted octanol–water partition coefficient (Wildman–Crippen LogP) is 4.80. The fraction of sp³-hybridized carbons (Fsp3) is 0.333. The Morgan fingerprint density at radius 1 is 0.870 bits per heavy atom. The average Bonchev–Trinajstić information content (AvgIpc) is 2.55. The summed E-state index contributed by atoms with van der Waals surface area (Å²) in [7, 11) is 0. The van der Waals surface area contributed by atoms with Crippen molar-refractivity contribution in [3.63, 3.8) is 0 Å². The fourth-order valence-corrected chi connectivity index (χ4v) is 3.08. The van der Waals surface area contributed by atoms with E-state index in [-0.39, 0.29) is 5.75 Å². The Balaban J connectivity index is 1.63. The molecule has 2 nitrogen and oxygen atoms in total. The van der Waals surface area contributed by atoms with Crippen LogP contribution >= 0.6 is 0 Å². The number of rotatable bonds is 2. The van der Waals surface area contributed by atoms with Crippen LogP contribution in [0.2, 0.25) is 0 Å². The van der Waals surface area contributed by atoms with Gasteiger partial charge in [0.15, 0.2) is 0 Å². The summed E-state index contributed by atoms with van der Waals surface area (Å²) in [6.45, 7) is 1.72. The van der Waals surface area contributed by atoms with E-state index in [0.29, 0.717) is 5.92 Å². The molecule has 3 rings (SSSR count). The van der Waals surface area contributed by atoms with E-state index < -0.39 is 11.7 Å². The number of benzene rings is 2. The van der Waals surface area contributed by atoms with Gasteiger partial charge in [0.1, 0.15) is 5.75 Å². The van der Waals surface area contributed by atoms with E-state index in [1.807, 2.05) is 12.1 Å². The molecule has 1 aliphatic rings. The second-order valence-corrected chi connectivity index (χ2v) is 5.90. The van der Waals surface area contributed by atoms with Gasteiger partial charge in [-0.25, -0.2) is 0 Å². The number of piperidine rings is 1. The van der Waals surface area contributed by atoms with Gasteiger partial charge < -0.3 is 10.0 Å². The van der Waals surface area contributed by atoms with Gasteiger partial charge in [-0.15, -0.1) is 0 Å². The maximum Gasteiger partial charge on any atom is 0.416 e. The number of phenolic OH excluding ortho intramolecular Hbond substituents is 1. The van der Waals surface area contributed by atoms with Gasteiger partial charge in [0.05, 0.1) is 5.56 Å². The first kappa shape index (κ1) is 15.7. The normalized spacial score (nSPS) is 16.6. The van der Waals surface area contributed by atoms with E-state index in [9.17, 15) is 18.3 Å². The number of hydrogen-bond acceptors (Lipinski definition) is 2. The van der Waals surface area contributed by atoms with Crippen molar-refractivity contribution in [1.82, 2.24) is 0 Å². The van der Waals surface area contributed by atoms with E-state index in [1.165, 1.54) is 12.1 Å². The van der Waals surface area contributed by atoms with Crippen molar-refractivity contribution in [1.29, 1.82) is 0 Å². The summed E-state index contributed by atoms with van der Waals surface area (Å²) in [6, 6.07) is 12.6. The molecule has 1 saturated heterocycles. The molecule has 0 bridgehead atoms. The topological polar surface area (TPSA) is 23.5 Å². The van der Waals surface area contributed by atoms with Crippen LogP contribution in [-0.4, -0.2) is 18.2 Å². The van der Waals surface area contributed by atoms with Crippen LogP contribution < -0.4 is 4.90 Å². The third kappa shape index (κ3) is 3.60. The van der Waals surface area contributed by atoms with Gasteiger partial charge in [0.2, 0.25) is 0 Å². The molecule has 2 aromatic carbocycles. The zero-order valence-electron chi connectivity index (χ0n) is 12.6. The number of aromatic hydroxyl groups is 1. The van der Waals surface area contributed by atoms with Crippen LogP contribution in [0, 0.1) is 0 Å². The number of phenols is 1.